The molecule has 0 amide bonds. The van der Waals surface area contributed by atoms with Gasteiger partial charge in [0.05, 0.1) is 7.11 Å². The average molecular weight is 249 g/mol. The van der Waals surface area contributed by atoms with E-state index in [9.17, 15) is 0 Å². The van der Waals surface area contributed by atoms with Gasteiger partial charge in [-0.25, -0.2) is 0 Å². The zero-order valence-corrected chi connectivity index (χ0v) is 11.3. The lowest BCUT2D eigenvalue weighted by molar-refractivity contribution is 0.243. The molecule has 1 fully saturated rings. The van der Waals surface area contributed by atoms with Gasteiger partial charge in [0.1, 0.15) is 5.75 Å². The number of hydrogen-bond acceptors (Lipinski definition) is 3. The highest BCUT2D eigenvalue weighted by atomic mass is 16.5. The van der Waals surface area contributed by atoms with Crippen molar-refractivity contribution in [2.75, 3.05) is 20.3 Å². The second kappa shape index (κ2) is 5.72. The van der Waals surface area contributed by atoms with Crippen LogP contribution in [0.15, 0.2) is 24.3 Å². The second-order valence-electron chi connectivity index (χ2n) is 5.35. The summed E-state index contributed by atoms with van der Waals surface area (Å²) in [6.07, 6.45) is 3.42. The third kappa shape index (κ3) is 3.24. The fourth-order valence-electron chi connectivity index (χ4n) is 2.31. The maximum Gasteiger partial charge on any atom is 0.118 e. The molecule has 0 aromatic heterocycles. The lowest BCUT2D eigenvalue weighted by Crippen LogP contribution is -2.27. The summed E-state index contributed by atoms with van der Waals surface area (Å²) >= 11 is 0. The topological polar surface area (TPSA) is 41.5 Å². The molecule has 3 nitrogen and oxygen atoms in total. The number of nitrogens with one attached hydrogen (secondary N) is 1. The molecule has 2 N–H and O–H groups in total. The predicted molar refractivity (Wildman–Crippen MR) is 72.8 cm³/mol. The first-order valence-electron chi connectivity index (χ1n) is 6.67. The van der Waals surface area contributed by atoms with Crippen LogP contribution in [0.5, 0.6) is 5.75 Å². The fraction of sp³-hybridized carbons (Fsp3) is 0.600. The van der Waals surface area contributed by atoms with Crippen LogP contribution in [0.25, 0.3) is 0 Å². The molecule has 1 saturated carbocycles. The highest BCUT2D eigenvalue weighted by molar-refractivity contribution is 5.28. The molecule has 1 atom stereocenters. The first kappa shape index (κ1) is 13.4. The van der Waals surface area contributed by atoms with Crippen LogP contribution in [-0.4, -0.2) is 25.4 Å². The molecule has 1 aromatic carbocycles. The molecule has 0 bridgehead atoms. The van der Waals surface area contributed by atoms with E-state index in [-0.39, 0.29) is 0 Å². The van der Waals surface area contributed by atoms with Crippen LogP contribution in [0.1, 0.15) is 37.8 Å². The largest absolute Gasteiger partial charge is 0.497 e. The standard InChI is InChI=1S/C15H23NO2/c1-12(13-3-5-14(18-2)6-4-13)16-11-15(7-8-15)9-10-17/h3-6,12,16-17H,7-11H2,1-2H3. The van der Waals surface area contributed by atoms with Crippen molar-refractivity contribution in [1.29, 1.82) is 0 Å². The molecule has 18 heavy (non-hydrogen) atoms. The molecule has 100 valence electrons. The summed E-state index contributed by atoms with van der Waals surface area (Å²) in [7, 11) is 1.68. The Kier molecular flexibility index (Phi) is 4.25. The van der Waals surface area contributed by atoms with Crippen molar-refractivity contribution >= 4 is 0 Å². The van der Waals surface area contributed by atoms with Crippen molar-refractivity contribution in [1.82, 2.24) is 5.32 Å². The lowest BCUT2D eigenvalue weighted by atomic mass is 10.0. The van der Waals surface area contributed by atoms with Crippen molar-refractivity contribution in [2.24, 2.45) is 5.41 Å². The number of aliphatic hydroxyl groups is 1. The minimum absolute atomic E-state index is 0.304. The number of ether oxygens (including phenoxy) is 1. The number of aliphatic hydroxyl groups excluding tert-OH is 1. The highest BCUT2D eigenvalue weighted by Gasteiger charge is 2.41. The fourth-order valence-corrected chi connectivity index (χ4v) is 2.31. The van der Waals surface area contributed by atoms with Gasteiger partial charge in [0.25, 0.3) is 0 Å². The Bertz CT molecular complexity index is 371. The van der Waals surface area contributed by atoms with Gasteiger partial charge in [-0.1, -0.05) is 12.1 Å². The predicted octanol–water partition coefficient (Wildman–Crippen LogP) is 2.51. The van der Waals surface area contributed by atoms with Gasteiger partial charge in [-0.15, -0.1) is 0 Å². The van der Waals surface area contributed by atoms with Crippen molar-refractivity contribution in [3.63, 3.8) is 0 Å². The SMILES string of the molecule is COc1ccc(C(C)NCC2(CCO)CC2)cc1. The van der Waals surface area contributed by atoms with Crippen molar-refractivity contribution in [3.05, 3.63) is 29.8 Å². The van der Waals surface area contributed by atoms with E-state index >= 15 is 0 Å². The van der Waals surface area contributed by atoms with E-state index in [1.54, 1.807) is 7.11 Å². The van der Waals surface area contributed by atoms with Crippen molar-refractivity contribution < 1.29 is 9.84 Å². The minimum Gasteiger partial charge on any atom is -0.497 e. The second-order valence-corrected chi connectivity index (χ2v) is 5.35. The maximum absolute atomic E-state index is 9.04. The molecule has 2 rings (SSSR count). The first-order valence-corrected chi connectivity index (χ1v) is 6.67. The monoisotopic (exact) mass is 249 g/mol. The van der Waals surface area contributed by atoms with Crippen LogP contribution >= 0.6 is 0 Å². The van der Waals surface area contributed by atoms with Gasteiger partial charge < -0.3 is 15.2 Å². The van der Waals surface area contributed by atoms with Crippen LogP contribution in [0, 0.1) is 5.41 Å². The molecule has 3 heteroatoms. The van der Waals surface area contributed by atoms with Crippen LogP contribution in [0.2, 0.25) is 0 Å². The molecule has 0 saturated heterocycles. The summed E-state index contributed by atoms with van der Waals surface area (Å²) in [4.78, 5) is 0. The molecule has 1 unspecified atom stereocenters. The van der Waals surface area contributed by atoms with Crippen LogP contribution in [-0.2, 0) is 0 Å². The Hall–Kier alpha value is -1.06. The third-order valence-corrected chi connectivity index (χ3v) is 4.00. The van der Waals surface area contributed by atoms with Gasteiger partial charge in [0.2, 0.25) is 0 Å². The molecule has 0 radical (unpaired) electrons. The van der Waals surface area contributed by atoms with Crippen molar-refractivity contribution in [3.8, 4) is 5.75 Å². The van der Waals surface area contributed by atoms with E-state index in [2.05, 4.69) is 24.4 Å². The van der Waals surface area contributed by atoms with Crippen molar-refractivity contribution in [2.45, 2.75) is 32.2 Å². The Balaban J connectivity index is 1.85. The van der Waals surface area contributed by atoms with Crippen LogP contribution in [0.3, 0.4) is 0 Å². The number of methoxy groups -OCH3 is 1. The molecule has 0 spiro atoms. The van der Waals surface area contributed by atoms with Crippen LogP contribution in [0.4, 0.5) is 0 Å². The molecule has 0 aliphatic heterocycles. The number of benzene rings is 1. The summed E-state index contributed by atoms with van der Waals surface area (Å²) in [5, 5.41) is 12.6. The number of rotatable bonds is 7. The molecule has 0 heterocycles. The smallest absolute Gasteiger partial charge is 0.118 e. The van der Waals surface area contributed by atoms with Gasteiger partial charge in [0.15, 0.2) is 0 Å². The average Bonchev–Trinajstić information content (AvgIpc) is 3.17. The number of hydrogen-bond donors (Lipinski definition) is 2. The van der Waals surface area contributed by atoms with E-state index < -0.39 is 0 Å². The molecule has 1 aromatic rings. The van der Waals surface area contributed by atoms with Gasteiger partial charge in [-0.2, -0.15) is 0 Å². The summed E-state index contributed by atoms with van der Waals surface area (Å²) < 4.78 is 5.16. The van der Waals surface area contributed by atoms with Gasteiger partial charge in [0, 0.05) is 19.2 Å². The van der Waals surface area contributed by atoms with Crippen LogP contribution < -0.4 is 10.1 Å². The van der Waals surface area contributed by atoms with E-state index in [1.165, 1.54) is 18.4 Å². The third-order valence-electron chi connectivity index (χ3n) is 4.00. The molecular weight excluding hydrogens is 226 g/mol. The normalized spacial score (nSPS) is 18.4. The summed E-state index contributed by atoms with van der Waals surface area (Å²) in [6.45, 7) is 3.48. The molecule has 1 aliphatic carbocycles. The Morgan fingerprint density at radius 1 is 1.33 bits per heavy atom. The minimum atomic E-state index is 0.304. The Morgan fingerprint density at radius 2 is 2.00 bits per heavy atom. The quantitative estimate of drug-likeness (QED) is 0.780. The van der Waals surface area contributed by atoms with Gasteiger partial charge >= 0.3 is 0 Å². The lowest BCUT2D eigenvalue weighted by Gasteiger charge is -2.20. The van der Waals surface area contributed by atoms with E-state index in [0.29, 0.717) is 18.1 Å². The Labute approximate surface area is 109 Å². The van der Waals surface area contributed by atoms with Gasteiger partial charge in [-0.3, -0.25) is 0 Å². The van der Waals surface area contributed by atoms with Gasteiger partial charge in [-0.05, 0) is 49.3 Å². The maximum atomic E-state index is 9.04. The van der Waals surface area contributed by atoms with E-state index in [0.717, 1.165) is 18.7 Å². The zero-order chi connectivity index (χ0) is 13.0. The molecular formula is C15H23NO2. The molecule has 1 aliphatic rings. The highest BCUT2D eigenvalue weighted by Crippen LogP contribution is 2.48. The zero-order valence-electron chi connectivity index (χ0n) is 11.3. The first-order chi connectivity index (χ1) is 8.69. The van der Waals surface area contributed by atoms with E-state index in [4.69, 9.17) is 9.84 Å². The Morgan fingerprint density at radius 3 is 2.50 bits per heavy atom. The summed E-state index contributed by atoms with van der Waals surface area (Å²) in [5.41, 5.74) is 1.64. The summed E-state index contributed by atoms with van der Waals surface area (Å²) in [5.74, 6) is 0.893. The van der Waals surface area contributed by atoms with E-state index in [1.807, 2.05) is 12.1 Å². The summed E-state index contributed by atoms with van der Waals surface area (Å²) in [6, 6.07) is 8.53.